The SMILES string of the molecule is COc1c(O)c(C)c(CCCCCP(c2ccccc2)c2ccccc2)c(O)c1OC. The predicted octanol–water partition coefficient (Wildman–Crippen LogP) is 5.27. The molecule has 2 N–H and O–H groups in total. The van der Waals surface area contributed by atoms with E-state index in [-0.39, 0.29) is 30.9 Å². The van der Waals surface area contributed by atoms with Crippen molar-refractivity contribution in [3.8, 4) is 23.0 Å². The van der Waals surface area contributed by atoms with Gasteiger partial charge in [0.15, 0.2) is 11.5 Å². The molecule has 5 heteroatoms. The van der Waals surface area contributed by atoms with E-state index in [0.717, 1.165) is 31.0 Å². The summed E-state index contributed by atoms with van der Waals surface area (Å²) in [6, 6.07) is 21.5. The van der Waals surface area contributed by atoms with Crippen LogP contribution in [0.25, 0.3) is 0 Å². The standard InChI is InChI=1S/C26H31O4P/c1-19-22(24(28)26(30-3)25(29-2)23(19)27)17-11-6-12-18-31(20-13-7-4-8-14-20)21-15-9-5-10-16-21/h4-5,7-10,13-16,27-28H,6,11-12,17-18H2,1-3H3. The lowest BCUT2D eigenvalue weighted by Crippen LogP contribution is -2.13. The number of methoxy groups -OCH3 is 2. The number of hydrogen-bond donors (Lipinski definition) is 2. The topological polar surface area (TPSA) is 58.9 Å². The molecular formula is C26H31O4P. The van der Waals surface area contributed by atoms with Gasteiger partial charge in [0.25, 0.3) is 0 Å². The Hall–Kier alpha value is -2.71. The Labute approximate surface area is 186 Å². The van der Waals surface area contributed by atoms with E-state index in [1.54, 1.807) is 6.92 Å². The first-order valence-electron chi connectivity index (χ1n) is 10.6. The number of aromatic hydroxyl groups is 2. The fourth-order valence-corrected chi connectivity index (χ4v) is 6.32. The number of benzene rings is 3. The number of hydrogen-bond acceptors (Lipinski definition) is 4. The molecule has 4 nitrogen and oxygen atoms in total. The van der Waals surface area contributed by atoms with Crippen molar-refractivity contribution in [1.82, 2.24) is 0 Å². The molecule has 164 valence electrons. The van der Waals surface area contributed by atoms with E-state index in [4.69, 9.17) is 9.47 Å². The van der Waals surface area contributed by atoms with Crippen molar-refractivity contribution >= 4 is 18.5 Å². The van der Waals surface area contributed by atoms with Crippen LogP contribution >= 0.6 is 7.92 Å². The normalized spacial score (nSPS) is 11.0. The molecular weight excluding hydrogens is 407 g/mol. The van der Waals surface area contributed by atoms with Crippen molar-refractivity contribution in [3.05, 3.63) is 71.8 Å². The highest BCUT2D eigenvalue weighted by Crippen LogP contribution is 2.48. The quantitative estimate of drug-likeness (QED) is 0.257. The highest BCUT2D eigenvalue weighted by Gasteiger charge is 2.22. The summed E-state index contributed by atoms with van der Waals surface area (Å²) >= 11 is 0. The molecule has 0 radical (unpaired) electrons. The number of rotatable bonds is 10. The van der Waals surface area contributed by atoms with Gasteiger partial charge < -0.3 is 19.7 Å². The second-order valence-corrected chi connectivity index (χ2v) is 9.84. The zero-order valence-corrected chi connectivity index (χ0v) is 19.4. The van der Waals surface area contributed by atoms with E-state index in [0.29, 0.717) is 12.0 Å². The second kappa shape index (κ2) is 11.1. The van der Waals surface area contributed by atoms with Gasteiger partial charge in [0.2, 0.25) is 11.5 Å². The maximum Gasteiger partial charge on any atom is 0.207 e. The first kappa shape index (κ1) is 23.0. The fourth-order valence-electron chi connectivity index (χ4n) is 3.90. The molecule has 0 spiro atoms. The third kappa shape index (κ3) is 5.32. The van der Waals surface area contributed by atoms with Crippen LogP contribution in [0.3, 0.4) is 0 Å². The first-order valence-corrected chi connectivity index (χ1v) is 12.1. The molecule has 0 amide bonds. The number of phenolic OH excluding ortho intramolecular Hbond substituents is 2. The lowest BCUT2D eigenvalue weighted by molar-refractivity contribution is 0.313. The first-order chi connectivity index (χ1) is 15.1. The average molecular weight is 439 g/mol. The van der Waals surface area contributed by atoms with Crippen LogP contribution in [0.15, 0.2) is 60.7 Å². The third-order valence-corrected chi connectivity index (χ3v) is 8.19. The van der Waals surface area contributed by atoms with Gasteiger partial charge in [-0.3, -0.25) is 0 Å². The van der Waals surface area contributed by atoms with Crippen LogP contribution in [-0.4, -0.2) is 30.6 Å². The summed E-state index contributed by atoms with van der Waals surface area (Å²) in [5, 5.41) is 23.9. The van der Waals surface area contributed by atoms with E-state index in [2.05, 4.69) is 60.7 Å². The molecule has 0 saturated carbocycles. The Kier molecular flexibility index (Phi) is 8.20. The van der Waals surface area contributed by atoms with Gasteiger partial charge in [-0.1, -0.05) is 67.1 Å². The molecule has 0 saturated heterocycles. The van der Waals surface area contributed by atoms with Crippen LogP contribution in [-0.2, 0) is 6.42 Å². The number of ether oxygens (including phenoxy) is 2. The zero-order valence-electron chi connectivity index (χ0n) is 18.5. The Balaban J connectivity index is 1.65. The Morgan fingerprint density at radius 1 is 0.710 bits per heavy atom. The van der Waals surface area contributed by atoms with Crippen LogP contribution < -0.4 is 20.1 Å². The smallest absolute Gasteiger partial charge is 0.207 e. The lowest BCUT2D eigenvalue weighted by Gasteiger charge is -2.19. The molecule has 31 heavy (non-hydrogen) atoms. The molecule has 0 aliphatic carbocycles. The molecule has 0 aliphatic rings. The van der Waals surface area contributed by atoms with Gasteiger partial charge in [-0.2, -0.15) is 0 Å². The van der Waals surface area contributed by atoms with Crippen molar-refractivity contribution < 1.29 is 19.7 Å². The van der Waals surface area contributed by atoms with Gasteiger partial charge in [-0.05, 0) is 50.9 Å². The minimum Gasteiger partial charge on any atom is -0.504 e. The van der Waals surface area contributed by atoms with Crippen LogP contribution in [0.5, 0.6) is 23.0 Å². The van der Waals surface area contributed by atoms with Crippen molar-refractivity contribution in [2.45, 2.75) is 32.6 Å². The Bertz CT molecular complexity index is 934. The van der Waals surface area contributed by atoms with Gasteiger partial charge in [-0.15, -0.1) is 0 Å². The van der Waals surface area contributed by atoms with Crippen molar-refractivity contribution in [2.24, 2.45) is 0 Å². The van der Waals surface area contributed by atoms with Gasteiger partial charge in [-0.25, -0.2) is 0 Å². The lowest BCUT2D eigenvalue weighted by atomic mass is 9.99. The van der Waals surface area contributed by atoms with Crippen LogP contribution in [0.4, 0.5) is 0 Å². The summed E-state index contributed by atoms with van der Waals surface area (Å²) in [6.07, 6.45) is 4.89. The molecule has 0 atom stereocenters. The monoisotopic (exact) mass is 438 g/mol. The van der Waals surface area contributed by atoms with E-state index in [9.17, 15) is 10.2 Å². The Morgan fingerprint density at radius 2 is 1.23 bits per heavy atom. The van der Waals surface area contributed by atoms with Gasteiger partial charge in [0.1, 0.15) is 0 Å². The maximum atomic E-state index is 10.6. The molecule has 0 unspecified atom stereocenters. The maximum absolute atomic E-state index is 10.6. The molecule has 0 aromatic heterocycles. The molecule has 3 rings (SSSR count). The molecule has 0 fully saturated rings. The number of unbranched alkanes of at least 4 members (excludes halogenated alkanes) is 2. The minimum absolute atomic E-state index is 0.0313. The predicted molar refractivity (Wildman–Crippen MR) is 129 cm³/mol. The summed E-state index contributed by atoms with van der Waals surface area (Å²) in [5.41, 5.74) is 1.37. The van der Waals surface area contributed by atoms with Crippen LogP contribution in [0, 0.1) is 6.92 Å². The van der Waals surface area contributed by atoms with Gasteiger partial charge >= 0.3 is 0 Å². The van der Waals surface area contributed by atoms with E-state index in [1.807, 2.05) is 0 Å². The summed E-state index contributed by atoms with van der Waals surface area (Å²) in [6.45, 7) is 1.80. The summed E-state index contributed by atoms with van der Waals surface area (Å²) in [5.74, 6) is 0.462. The van der Waals surface area contributed by atoms with Gasteiger partial charge in [0, 0.05) is 11.1 Å². The fraction of sp³-hybridized carbons (Fsp3) is 0.308. The summed E-state index contributed by atoms with van der Waals surface area (Å²) < 4.78 is 10.5. The molecule has 3 aromatic rings. The largest absolute Gasteiger partial charge is 0.504 e. The number of phenols is 2. The summed E-state index contributed by atoms with van der Waals surface area (Å²) in [4.78, 5) is 0. The average Bonchev–Trinajstić information content (AvgIpc) is 2.81. The van der Waals surface area contributed by atoms with Crippen LogP contribution in [0.2, 0.25) is 0 Å². The highest BCUT2D eigenvalue weighted by atomic mass is 31.1. The highest BCUT2D eigenvalue weighted by molar-refractivity contribution is 7.73. The van der Waals surface area contributed by atoms with Gasteiger partial charge in [0.05, 0.1) is 14.2 Å². The molecule has 0 aliphatic heterocycles. The van der Waals surface area contributed by atoms with Crippen molar-refractivity contribution in [1.29, 1.82) is 0 Å². The third-order valence-electron chi connectivity index (χ3n) is 5.58. The molecule has 3 aromatic carbocycles. The second-order valence-electron chi connectivity index (χ2n) is 7.50. The van der Waals surface area contributed by atoms with Crippen molar-refractivity contribution in [2.75, 3.05) is 20.4 Å². The van der Waals surface area contributed by atoms with Crippen molar-refractivity contribution in [3.63, 3.8) is 0 Å². The van der Waals surface area contributed by atoms with E-state index in [1.165, 1.54) is 24.8 Å². The summed E-state index contributed by atoms with van der Waals surface area (Å²) in [7, 11) is 2.54. The van der Waals surface area contributed by atoms with E-state index < -0.39 is 0 Å². The molecule has 0 bridgehead atoms. The molecule has 0 heterocycles. The Morgan fingerprint density at radius 3 is 1.74 bits per heavy atom. The zero-order chi connectivity index (χ0) is 22.2. The minimum atomic E-state index is -0.380. The van der Waals surface area contributed by atoms with E-state index >= 15 is 0 Å². The van der Waals surface area contributed by atoms with Crippen LogP contribution in [0.1, 0.15) is 30.4 Å².